The largest absolute Gasteiger partial charge is 1.00 e. The average Bonchev–Trinajstić information content (AvgIpc) is 2.65. The van der Waals surface area contributed by atoms with Gasteiger partial charge in [0.2, 0.25) is 5.88 Å². The maximum atomic E-state index is 11.8. The van der Waals surface area contributed by atoms with Gasteiger partial charge in [-0.1, -0.05) is 61.3 Å². The van der Waals surface area contributed by atoms with Crippen LogP contribution in [0.3, 0.4) is 0 Å². The molecule has 4 N–H and O–H groups in total. The molecule has 0 aliphatic rings. The van der Waals surface area contributed by atoms with Crippen molar-refractivity contribution in [3.8, 4) is 0 Å². The summed E-state index contributed by atoms with van der Waals surface area (Å²) < 4.78 is 0. The van der Waals surface area contributed by atoms with E-state index in [1.165, 1.54) is 0 Å². The molecule has 2 aromatic rings. The van der Waals surface area contributed by atoms with Crippen molar-refractivity contribution in [2.75, 3.05) is 6.61 Å². The number of nitrogens with two attached hydrogens (primary N) is 2. The number of benzene rings is 2. The third kappa shape index (κ3) is 6.05. The van der Waals surface area contributed by atoms with Gasteiger partial charge in [-0.3, -0.25) is 0 Å². The van der Waals surface area contributed by atoms with Crippen molar-refractivity contribution >= 4 is 17.2 Å². The second-order valence-corrected chi connectivity index (χ2v) is 7.01. The van der Waals surface area contributed by atoms with Crippen molar-refractivity contribution in [1.82, 2.24) is 0 Å². The quantitative estimate of drug-likeness (QED) is 0.398. The van der Waals surface area contributed by atoms with Crippen LogP contribution in [-0.4, -0.2) is 6.61 Å². The topological polar surface area (TPSA) is 84.3 Å². The second kappa shape index (κ2) is 11.6. The molecule has 0 spiro atoms. The van der Waals surface area contributed by atoms with Gasteiger partial charge in [0.05, 0.1) is 0 Å². The first-order valence-corrected chi connectivity index (χ1v) is 9.10. The Kier molecular flexibility index (Phi) is 10.6. The predicted molar refractivity (Wildman–Crippen MR) is 105 cm³/mol. The summed E-state index contributed by atoms with van der Waals surface area (Å²) in [6.07, 6.45) is 0.665. The van der Waals surface area contributed by atoms with Crippen molar-refractivity contribution < 1.29 is 61.3 Å². The molecule has 0 aliphatic carbocycles. The molecule has 0 amide bonds. The van der Waals surface area contributed by atoms with Crippen LogP contribution in [0.1, 0.15) is 48.4 Å². The zero-order valence-electron chi connectivity index (χ0n) is 16.5. The summed E-state index contributed by atoms with van der Waals surface area (Å²) in [5, 5.41) is 12.5. The van der Waals surface area contributed by atoms with Crippen molar-refractivity contribution in [2.45, 2.75) is 33.1 Å². The van der Waals surface area contributed by atoms with E-state index < -0.39 is 0 Å². The Labute approximate surface area is 209 Å². The van der Waals surface area contributed by atoms with Gasteiger partial charge in [-0.05, 0) is 48.1 Å². The first-order chi connectivity index (χ1) is 12.4. The van der Waals surface area contributed by atoms with Crippen molar-refractivity contribution in [3.05, 3.63) is 75.6 Å². The summed E-state index contributed by atoms with van der Waals surface area (Å²) in [6.45, 7) is 5.82. The fourth-order valence-electron chi connectivity index (χ4n) is 3.36. The van der Waals surface area contributed by atoms with Crippen molar-refractivity contribution in [1.29, 1.82) is 0 Å². The number of allylic oxidation sites excluding steroid dienone is 1. The molecule has 6 heteroatoms. The molecule has 0 fully saturated rings. The Morgan fingerprint density at radius 3 is 2.33 bits per heavy atom. The van der Waals surface area contributed by atoms with Crippen LogP contribution < -0.4 is 68.1 Å². The van der Waals surface area contributed by atoms with Crippen molar-refractivity contribution in [2.24, 2.45) is 17.5 Å². The van der Waals surface area contributed by atoms with E-state index in [1.54, 1.807) is 0 Å². The minimum atomic E-state index is -0.186. The Hall–Kier alpha value is -0.374. The van der Waals surface area contributed by atoms with Crippen LogP contribution in [0.25, 0.3) is 5.57 Å². The standard InChI is InChI=1S/C21H26ClN2O2.K/c1-4-17(21(23)26-24)18-10-5-13(2)11-19(18)20(14(3)12-25)15-6-8-16(22)9-7-15;/h5-11,14,20H,4,12,23-24H2,1-3H3;/q-1;+1/b21-17+;. The number of halogens is 1. The van der Waals surface area contributed by atoms with Gasteiger partial charge in [-0.15, -0.1) is 6.61 Å². The Morgan fingerprint density at radius 2 is 1.81 bits per heavy atom. The third-order valence-electron chi connectivity index (χ3n) is 4.71. The Bertz CT molecular complexity index is 778. The third-order valence-corrected chi connectivity index (χ3v) is 4.96. The number of rotatable bonds is 7. The van der Waals surface area contributed by atoms with Gasteiger partial charge in [-0.2, -0.15) is 5.90 Å². The van der Waals surface area contributed by atoms with E-state index in [2.05, 4.69) is 6.07 Å². The van der Waals surface area contributed by atoms with E-state index in [1.807, 2.05) is 57.2 Å². The molecule has 0 radical (unpaired) electrons. The van der Waals surface area contributed by atoms with Crippen LogP contribution in [-0.2, 0) is 4.84 Å². The van der Waals surface area contributed by atoms with E-state index in [0.29, 0.717) is 11.4 Å². The molecule has 2 unspecified atom stereocenters. The normalized spacial score (nSPS) is 14.0. The van der Waals surface area contributed by atoms with Crippen LogP contribution in [0.15, 0.2) is 48.3 Å². The zero-order valence-corrected chi connectivity index (χ0v) is 20.3. The van der Waals surface area contributed by atoms with E-state index in [4.69, 9.17) is 28.1 Å². The van der Waals surface area contributed by atoms with E-state index in [9.17, 15) is 5.11 Å². The fraction of sp³-hybridized carbons (Fsp3) is 0.333. The molecule has 0 aliphatic heterocycles. The monoisotopic (exact) mass is 412 g/mol. The molecule has 0 heterocycles. The molecule has 0 saturated heterocycles. The van der Waals surface area contributed by atoms with Gasteiger partial charge in [0.25, 0.3) is 0 Å². The summed E-state index contributed by atoms with van der Waals surface area (Å²) in [6, 6.07) is 13.8. The van der Waals surface area contributed by atoms with Gasteiger partial charge in [0, 0.05) is 16.5 Å². The molecule has 0 saturated carbocycles. The molecule has 2 atom stereocenters. The SMILES string of the molecule is CC/C(=C(/N)ON)c1ccc(C)cc1C(c1ccc(Cl)cc1)C(C)C[O-].[K+]. The first kappa shape index (κ1) is 24.7. The van der Waals surface area contributed by atoms with Crippen LogP contribution in [0.2, 0.25) is 5.02 Å². The maximum absolute atomic E-state index is 11.8. The molecule has 140 valence electrons. The summed E-state index contributed by atoms with van der Waals surface area (Å²) in [5.41, 5.74) is 11.0. The molecule has 2 aromatic carbocycles. The van der Waals surface area contributed by atoms with Crippen LogP contribution in [0, 0.1) is 12.8 Å². The zero-order chi connectivity index (χ0) is 19.3. The van der Waals surface area contributed by atoms with E-state index >= 15 is 0 Å². The maximum Gasteiger partial charge on any atom is 1.00 e. The van der Waals surface area contributed by atoms with Crippen LogP contribution in [0.4, 0.5) is 0 Å². The minimum Gasteiger partial charge on any atom is -0.854 e. The van der Waals surface area contributed by atoms with Gasteiger partial charge in [-0.25, -0.2) is 0 Å². The number of hydrogen-bond donors (Lipinski definition) is 2. The summed E-state index contributed by atoms with van der Waals surface area (Å²) in [5.74, 6) is 5.33. The first-order valence-electron chi connectivity index (χ1n) is 8.72. The Balaban J connectivity index is 0.00000364. The molecule has 4 nitrogen and oxygen atoms in total. The summed E-state index contributed by atoms with van der Waals surface area (Å²) >= 11 is 6.05. The van der Waals surface area contributed by atoms with Crippen molar-refractivity contribution in [3.63, 3.8) is 0 Å². The van der Waals surface area contributed by atoms with E-state index in [0.717, 1.165) is 27.8 Å². The minimum absolute atomic E-state index is 0. The number of hydrogen-bond acceptors (Lipinski definition) is 4. The summed E-state index contributed by atoms with van der Waals surface area (Å²) in [4.78, 5) is 4.81. The smallest absolute Gasteiger partial charge is 0.854 e. The molecular formula is C21H26ClKN2O2. The molecule has 0 bridgehead atoms. The van der Waals surface area contributed by atoms with Gasteiger partial charge >= 0.3 is 51.4 Å². The van der Waals surface area contributed by atoms with Gasteiger partial charge in [0.15, 0.2) is 0 Å². The van der Waals surface area contributed by atoms with Gasteiger partial charge < -0.3 is 15.7 Å². The van der Waals surface area contributed by atoms with E-state index in [-0.39, 0.29) is 75.7 Å². The Morgan fingerprint density at radius 1 is 1.19 bits per heavy atom. The number of aryl methyl sites for hydroxylation is 1. The predicted octanol–water partition coefficient (Wildman–Crippen LogP) is 0.708. The van der Waals surface area contributed by atoms with Crippen LogP contribution in [0.5, 0.6) is 0 Å². The fourth-order valence-corrected chi connectivity index (χ4v) is 3.49. The van der Waals surface area contributed by atoms with Gasteiger partial charge in [0.1, 0.15) is 0 Å². The average molecular weight is 413 g/mol. The molecule has 2 rings (SSSR count). The molecule has 0 aromatic heterocycles. The summed E-state index contributed by atoms with van der Waals surface area (Å²) in [7, 11) is 0. The molecular weight excluding hydrogens is 387 g/mol. The second-order valence-electron chi connectivity index (χ2n) is 6.58. The molecule has 27 heavy (non-hydrogen) atoms. The van der Waals surface area contributed by atoms with Crippen LogP contribution >= 0.6 is 11.6 Å².